The second-order valence-electron chi connectivity index (χ2n) is 6.51. The SMILES string of the molecule is COc1cc(C)c(C2(C(=O)O)CCCCC2)cc1C(C)C. The van der Waals surface area contributed by atoms with E-state index < -0.39 is 11.4 Å². The highest BCUT2D eigenvalue weighted by Crippen LogP contribution is 2.43. The van der Waals surface area contributed by atoms with Crippen LogP contribution in [0.2, 0.25) is 0 Å². The van der Waals surface area contributed by atoms with Crippen molar-refractivity contribution in [2.24, 2.45) is 0 Å². The fraction of sp³-hybridized carbons (Fsp3) is 0.611. The van der Waals surface area contributed by atoms with Crippen molar-refractivity contribution in [3.63, 3.8) is 0 Å². The molecule has 3 nitrogen and oxygen atoms in total. The molecule has 1 aromatic carbocycles. The average Bonchev–Trinajstić information content (AvgIpc) is 2.47. The van der Waals surface area contributed by atoms with E-state index in [1.54, 1.807) is 7.11 Å². The number of carbonyl (C=O) groups is 1. The van der Waals surface area contributed by atoms with Crippen LogP contribution in [0.3, 0.4) is 0 Å². The summed E-state index contributed by atoms with van der Waals surface area (Å²) in [6.45, 7) is 6.23. The molecule has 21 heavy (non-hydrogen) atoms. The van der Waals surface area contributed by atoms with Crippen molar-refractivity contribution in [3.05, 3.63) is 28.8 Å². The first-order chi connectivity index (χ1) is 9.92. The van der Waals surface area contributed by atoms with Crippen LogP contribution in [-0.2, 0) is 10.2 Å². The zero-order valence-corrected chi connectivity index (χ0v) is 13.5. The van der Waals surface area contributed by atoms with Gasteiger partial charge in [-0.25, -0.2) is 0 Å². The van der Waals surface area contributed by atoms with Crippen molar-refractivity contribution in [1.29, 1.82) is 0 Å². The quantitative estimate of drug-likeness (QED) is 0.893. The molecule has 1 aromatic rings. The zero-order valence-electron chi connectivity index (χ0n) is 13.5. The van der Waals surface area contributed by atoms with E-state index >= 15 is 0 Å². The van der Waals surface area contributed by atoms with Crippen molar-refractivity contribution in [2.45, 2.75) is 64.2 Å². The number of carboxylic acids is 1. The number of carboxylic acid groups (broad SMARTS) is 1. The molecular formula is C18H26O3. The number of ether oxygens (including phenoxy) is 1. The summed E-state index contributed by atoms with van der Waals surface area (Å²) in [5.74, 6) is 0.501. The molecule has 3 heteroatoms. The molecule has 0 unspecified atom stereocenters. The van der Waals surface area contributed by atoms with Crippen LogP contribution in [0.4, 0.5) is 0 Å². The lowest BCUT2D eigenvalue weighted by molar-refractivity contribution is -0.145. The lowest BCUT2D eigenvalue weighted by atomic mass is 9.67. The van der Waals surface area contributed by atoms with Crippen LogP contribution in [0, 0.1) is 6.92 Å². The number of rotatable bonds is 4. The van der Waals surface area contributed by atoms with Crippen LogP contribution in [0.25, 0.3) is 0 Å². The van der Waals surface area contributed by atoms with Gasteiger partial charge in [0, 0.05) is 0 Å². The highest BCUT2D eigenvalue weighted by atomic mass is 16.5. The van der Waals surface area contributed by atoms with Gasteiger partial charge in [0.15, 0.2) is 0 Å². The van der Waals surface area contributed by atoms with Crippen molar-refractivity contribution in [2.75, 3.05) is 7.11 Å². The Labute approximate surface area is 127 Å². The first kappa shape index (κ1) is 15.9. The van der Waals surface area contributed by atoms with Gasteiger partial charge in [0.2, 0.25) is 0 Å². The number of benzene rings is 1. The molecule has 0 radical (unpaired) electrons. The Bertz CT molecular complexity index is 526. The van der Waals surface area contributed by atoms with Crippen LogP contribution >= 0.6 is 0 Å². The summed E-state index contributed by atoms with van der Waals surface area (Å²) in [5, 5.41) is 9.89. The van der Waals surface area contributed by atoms with Gasteiger partial charge in [-0.1, -0.05) is 39.2 Å². The fourth-order valence-electron chi connectivity index (χ4n) is 3.60. The van der Waals surface area contributed by atoms with Gasteiger partial charge < -0.3 is 9.84 Å². The van der Waals surface area contributed by atoms with E-state index in [9.17, 15) is 9.90 Å². The fourth-order valence-corrected chi connectivity index (χ4v) is 3.60. The van der Waals surface area contributed by atoms with Gasteiger partial charge in [-0.15, -0.1) is 0 Å². The van der Waals surface area contributed by atoms with Gasteiger partial charge in [0.25, 0.3) is 0 Å². The highest BCUT2D eigenvalue weighted by Gasteiger charge is 2.42. The van der Waals surface area contributed by atoms with Crippen LogP contribution in [0.15, 0.2) is 12.1 Å². The maximum atomic E-state index is 12.0. The molecule has 0 aliphatic heterocycles. The van der Waals surface area contributed by atoms with Crippen molar-refractivity contribution in [3.8, 4) is 5.75 Å². The Kier molecular flexibility index (Phi) is 4.60. The van der Waals surface area contributed by atoms with E-state index in [1.807, 2.05) is 13.0 Å². The second-order valence-corrected chi connectivity index (χ2v) is 6.51. The molecule has 1 aliphatic rings. The van der Waals surface area contributed by atoms with E-state index in [-0.39, 0.29) is 0 Å². The molecular weight excluding hydrogens is 264 g/mol. The van der Waals surface area contributed by atoms with Crippen molar-refractivity contribution in [1.82, 2.24) is 0 Å². The molecule has 0 bridgehead atoms. The Morgan fingerprint density at radius 3 is 2.33 bits per heavy atom. The molecule has 1 N–H and O–H groups in total. The van der Waals surface area contributed by atoms with Crippen LogP contribution in [0.1, 0.15) is 68.6 Å². The van der Waals surface area contributed by atoms with E-state index in [0.717, 1.165) is 54.5 Å². The summed E-state index contributed by atoms with van der Waals surface area (Å²) in [4.78, 5) is 12.0. The summed E-state index contributed by atoms with van der Waals surface area (Å²) >= 11 is 0. The monoisotopic (exact) mass is 290 g/mol. The van der Waals surface area contributed by atoms with E-state index in [0.29, 0.717) is 5.92 Å². The average molecular weight is 290 g/mol. The topological polar surface area (TPSA) is 46.5 Å². The van der Waals surface area contributed by atoms with E-state index in [2.05, 4.69) is 19.9 Å². The van der Waals surface area contributed by atoms with Crippen LogP contribution in [-0.4, -0.2) is 18.2 Å². The third kappa shape index (κ3) is 2.78. The minimum atomic E-state index is -0.710. The zero-order chi connectivity index (χ0) is 15.6. The van der Waals surface area contributed by atoms with Gasteiger partial charge in [-0.05, 0) is 48.4 Å². The molecule has 0 spiro atoms. The molecule has 0 saturated heterocycles. The molecule has 0 atom stereocenters. The van der Waals surface area contributed by atoms with Crippen molar-refractivity contribution >= 4 is 5.97 Å². The van der Waals surface area contributed by atoms with E-state index in [4.69, 9.17) is 4.74 Å². The summed E-state index contributed by atoms with van der Waals surface area (Å²) in [5.41, 5.74) is 2.40. The molecule has 0 heterocycles. The van der Waals surface area contributed by atoms with Gasteiger partial charge in [-0.2, -0.15) is 0 Å². The Morgan fingerprint density at radius 2 is 1.86 bits per heavy atom. The maximum Gasteiger partial charge on any atom is 0.314 e. The largest absolute Gasteiger partial charge is 0.496 e. The van der Waals surface area contributed by atoms with Gasteiger partial charge in [0.1, 0.15) is 5.75 Å². The Balaban J connectivity index is 2.60. The number of hydrogen-bond donors (Lipinski definition) is 1. The summed E-state index contributed by atoms with van der Waals surface area (Å²) in [6.07, 6.45) is 4.62. The first-order valence-corrected chi connectivity index (χ1v) is 7.85. The molecule has 1 fully saturated rings. The Morgan fingerprint density at radius 1 is 1.24 bits per heavy atom. The summed E-state index contributed by atoms with van der Waals surface area (Å²) in [6, 6.07) is 4.09. The third-order valence-corrected chi connectivity index (χ3v) is 4.83. The van der Waals surface area contributed by atoms with Gasteiger partial charge >= 0.3 is 5.97 Å². The summed E-state index contributed by atoms with van der Waals surface area (Å²) in [7, 11) is 1.67. The van der Waals surface area contributed by atoms with Crippen LogP contribution < -0.4 is 4.74 Å². The molecule has 2 rings (SSSR count). The number of hydrogen-bond acceptors (Lipinski definition) is 2. The predicted octanol–water partition coefficient (Wildman–Crippen LogP) is 4.41. The van der Waals surface area contributed by atoms with Gasteiger partial charge in [-0.3, -0.25) is 4.79 Å². The number of aliphatic carboxylic acids is 1. The normalized spacial score (nSPS) is 17.8. The number of aryl methyl sites for hydroxylation is 1. The molecule has 0 aromatic heterocycles. The molecule has 1 saturated carbocycles. The van der Waals surface area contributed by atoms with Gasteiger partial charge in [0.05, 0.1) is 12.5 Å². The standard InChI is InChI=1S/C18H26O3/c1-12(2)14-11-15(13(3)10-16(14)21-4)18(17(19)20)8-6-5-7-9-18/h10-12H,5-9H2,1-4H3,(H,19,20). The minimum Gasteiger partial charge on any atom is -0.496 e. The summed E-state index contributed by atoms with van der Waals surface area (Å²) < 4.78 is 5.48. The highest BCUT2D eigenvalue weighted by molar-refractivity contribution is 5.82. The lowest BCUT2D eigenvalue weighted by Crippen LogP contribution is -2.38. The minimum absolute atomic E-state index is 0.314. The third-order valence-electron chi connectivity index (χ3n) is 4.83. The molecule has 0 amide bonds. The smallest absolute Gasteiger partial charge is 0.314 e. The lowest BCUT2D eigenvalue weighted by Gasteiger charge is -2.35. The maximum absolute atomic E-state index is 12.0. The predicted molar refractivity (Wildman–Crippen MR) is 84.2 cm³/mol. The second kappa shape index (κ2) is 6.08. The molecule has 1 aliphatic carbocycles. The van der Waals surface area contributed by atoms with Crippen LogP contribution in [0.5, 0.6) is 5.75 Å². The van der Waals surface area contributed by atoms with E-state index in [1.165, 1.54) is 0 Å². The van der Waals surface area contributed by atoms with Crippen molar-refractivity contribution < 1.29 is 14.6 Å². The molecule has 116 valence electrons. The Hall–Kier alpha value is -1.51. The number of methoxy groups -OCH3 is 1. The first-order valence-electron chi connectivity index (χ1n) is 7.85.